The lowest BCUT2D eigenvalue weighted by Crippen LogP contribution is -2.19. The molecule has 3 N–H and O–H groups in total. The van der Waals surface area contributed by atoms with Crippen LogP contribution in [0.15, 0.2) is 35.5 Å². The van der Waals surface area contributed by atoms with Gasteiger partial charge in [-0.25, -0.2) is 0 Å². The predicted molar refractivity (Wildman–Crippen MR) is 115 cm³/mol. The zero-order chi connectivity index (χ0) is 20.4. The van der Waals surface area contributed by atoms with Crippen LogP contribution in [0.1, 0.15) is 34.1 Å². The molecule has 1 aliphatic carbocycles. The van der Waals surface area contributed by atoms with E-state index in [9.17, 15) is 9.59 Å². The molecule has 2 amide bonds. The Labute approximate surface area is 176 Å². The second-order valence-electron chi connectivity index (χ2n) is 6.68. The number of carbonyl (C=O) groups is 2. The zero-order valence-electron chi connectivity index (χ0n) is 16.0. The zero-order valence-corrected chi connectivity index (χ0v) is 17.6. The minimum Gasteiger partial charge on any atom is -0.365 e. The third-order valence-electron chi connectivity index (χ3n) is 4.82. The van der Waals surface area contributed by atoms with Crippen LogP contribution in [0.2, 0.25) is 0 Å². The van der Waals surface area contributed by atoms with Gasteiger partial charge in [-0.05, 0) is 31.7 Å². The molecule has 4 rings (SSSR count). The van der Waals surface area contributed by atoms with E-state index in [1.54, 1.807) is 0 Å². The maximum atomic E-state index is 12.5. The Kier molecular flexibility index (Phi) is 5.68. The number of thioether (sulfide) groups is 1. The number of hydrogen-bond acceptors (Lipinski definition) is 6. The Morgan fingerprint density at radius 1 is 1.24 bits per heavy atom. The number of hydrogen-bond donors (Lipinski definition) is 2. The first-order chi connectivity index (χ1) is 14.1. The smallest absolute Gasteiger partial charge is 0.251 e. The minimum absolute atomic E-state index is 0.174. The van der Waals surface area contributed by atoms with Gasteiger partial charge in [0.15, 0.2) is 11.0 Å². The maximum Gasteiger partial charge on any atom is 0.251 e. The normalized spacial score (nSPS) is 12.7. The molecule has 0 aliphatic heterocycles. The molecule has 0 saturated heterocycles. The number of fused-ring (bicyclic) bond motifs is 1. The first-order valence-electron chi connectivity index (χ1n) is 9.44. The lowest BCUT2D eigenvalue weighted by Gasteiger charge is -2.08. The summed E-state index contributed by atoms with van der Waals surface area (Å²) in [4.78, 5) is 25.6. The van der Waals surface area contributed by atoms with E-state index in [1.807, 2.05) is 41.8 Å². The monoisotopic (exact) mass is 427 g/mol. The Morgan fingerprint density at radius 3 is 2.76 bits per heavy atom. The van der Waals surface area contributed by atoms with Gasteiger partial charge >= 0.3 is 0 Å². The largest absolute Gasteiger partial charge is 0.365 e. The molecule has 0 atom stereocenters. The Hall–Kier alpha value is -2.65. The van der Waals surface area contributed by atoms with Gasteiger partial charge < -0.3 is 15.6 Å². The quantitative estimate of drug-likeness (QED) is 0.563. The molecular formula is C20H21N5O2S2. The third kappa shape index (κ3) is 3.92. The first-order valence-corrected chi connectivity index (χ1v) is 11.2. The van der Waals surface area contributed by atoms with Crippen LogP contribution in [-0.4, -0.2) is 32.3 Å². The standard InChI is InChI=1S/C20H21N5O2S2/c1-2-25-18(12-7-4-3-5-8-12)23-24-20(25)28-11-15(26)22-19-16(17(21)27)13-9-6-10-14(13)29-19/h3-5,7-8H,2,6,9-11H2,1H3,(H2,21,27)(H,22,26). The molecular weight excluding hydrogens is 406 g/mol. The second kappa shape index (κ2) is 8.38. The van der Waals surface area contributed by atoms with Gasteiger partial charge in [0.25, 0.3) is 5.91 Å². The van der Waals surface area contributed by atoms with Crippen LogP contribution >= 0.6 is 23.1 Å². The number of carbonyl (C=O) groups excluding carboxylic acids is 2. The summed E-state index contributed by atoms with van der Waals surface area (Å²) in [6, 6.07) is 9.84. The van der Waals surface area contributed by atoms with Crippen LogP contribution in [0.5, 0.6) is 0 Å². The summed E-state index contributed by atoms with van der Waals surface area (Å²) in [7, 11) is 0. The van der Waals surface area contributed by atoms with Crippen molar-refractivity contribution in [3.63, 3.8) is 0 Å². The number of nitrogens with one attached hydrogen (secondary N) is 1. The summed E-state index contributed by atoms with van der Waals surface area (Å²) in [6.45, 7) is 2.72. The van der Waals surface area contributed by atoms with Crippen molar-refractivity contribution in [2.24, 2.45) is 5.73 Å². The van der Waals surface area contributed by atoms with Gasteiger partial charge in [-0.15, -0.1) is 21.5 Å². The predicted octanol–water partition coefficient (Wildman–Crippen LogP) is 3.34. The van der Waals surface area contributed by atoms with Crippen molar-refractivity contribution in [2.45, 2.75) is 37.9 Å². The van der Waals surface area contributed by atoms with Gasteiger partial charge in [-0.1, -0.05) is 42.1 Å². The highest BCUT2D eigenvalue weighted by atomic mass is 32.2. The molecule has 0 fully saturated rings. The fraction of sp³-hybridized carbons (Fsp3) is 0.300. The molecule has 150 valence electrons. The molecule has 9 heteroatoms. The number of benzene rings is 1. The highest BCUT2D eigenvalue weighted by Crippen LogP contribution is 2.39. The molecule has 2 heterocycles. The highest BCUT2D eigenvalue weighted by molar-refractivity contribution is 7.99. The number of primary amides is 1. The van der Waals surface area contributed by atoms with Crippen molar-refractivity contribution in [2.75, 3.05) is 11.1 Å². The number of nitrogens with zero attached hydrogens (tertiary/aromatic N) is 3. The van der Waals surface area contributed by atoms with Crippen LogP contribution in [0.3, 0.4) is 0 Å². The van der Waals surface area contributed by atoms with E-state index in [4.69, 9.17) is 5.73 Å². The number of thiophene rings is 1. The van der Waals surface area contributed by atoms with Crippen LogP contribution in [-0.2, 0) is 24.2 Å². The lowest BCUT2D eigenvalue weighted by molar-refractivity contribution is -0.113. The lowest BCUT2D eigenvalue weighted by atomic mass is 10.1. The van der Waals surface area contributed by atoms with E-state index in [-0.39, 0.29) is 11.7 Å². The topological polar surface area (TPSA) is 103 Å². The van der Waals surface area contributed by atoms with Crippen molar-refractivity contribution < 1.29 is 9.59 Å². The molecule has 7 nitrogen and oxygen atoms in total. The molecule has 0 unspecified atom stereocenters. The van der Waals surface area contributed by atoms with Crippen LogP contribution in [0.4, 0.5) is 5.00 Å². The van der Waals surface area contributed by atoms with Gasteiger partial charge in [0.05, 0.1) is 11.3 Å². The first kappa shape index (κ1) is 19.7. The van der Waals surface area contributed by atoms with E-state index in [0.717, 1.165) is 41.1 Å². The number of aromatic nitrogens is 3. The van der Waals surface area contributed by atoms with Gasteiger partial charge in [0.1, 0.15) is 5.00 Å². The summed E-state index contributed by atoms with van der Waals surface area (Å²) in [6.07, 6.45) is 2.81. The van der Waals surface area contributed by atoms with E-state index in [1.165, 1.54) is 23.1 Å². The summed E-state index contributed by atoms with van der Waals surface area (Å²) < 4.78 is 1.99. The summed E-state index contributed by atoms with van der Waals surface area (Å²) >= 11 is 2.79. The molecule has 29 heavy (non-hydrogen) atoms. The van der Waals surface area contributed by atoms with Crippen molar-refractivity contribution in [3.05, 3.63) is 46.3 Å². The Morgan fingerprint density at radius 2 is 2.03 bits per heavy atom. The summed E-state index contributed by atoms with van der Waals surface area (Å²) in [5, 5.41) is 12.7. The molecule has 0 bridgehead atoms. The van der Waals surface area contributed by atoms with E-state index in [0.29, 0.717) is 22.3 Å². The third-order valence-corrected chi connectivity index (χ3v) is 6.99. The average Bonchev–Trinajstić information content (AvgIpc) is 3.40. The average molecular weight is 428 g/mol. The summed E-state index contributed by atoms with van der Waals surface area (Å²) in [5.41, 5.74) is 8.02. The molecule has 3 aromatic rings. The van der Waals surface area contributed by atoms with Gasteiger partial charge in [0.2, 0.25) is 5.91 Å². The highest BCUT2D eigenvalue weighted by Gasteiger charge is 2.26. The van der Waals surface area contributed by atoms with Crippen molar-refractivity contribution in [1.29, 1.82) is 0 Å². The molecule has 1 aliphatic rings. The van der Waals surface area contributed by atoms with Crippen molar-refractivity contribution in [1.82, 2.24) is 14.8 Å². The molecule has 0 saturated carbocycles. The number of rotatable bonds is 7. The van der Waals surface area contributed by atoms with Gasteiger partial charge in [-0.2, -0.15) is 0 Å². The van der Waals surface area contributed by atoms with Crippen LogP contribution < -0.4 is 11.1 Å². The van der Waals surface area contributed by atoms with Crippen LogP contribution in [0, 0.1) is 0 Å². The van der Waals surface area contributed by atoms with Crippen molar-refractivity contribution >= 4 is 39.9 Å². The molecule has 0 spiro atoms. The second-order valence-corrected chi connectivity index (χ2v) is 8.73. The fourth-order valence-corrected chi connectivity index (χ4v) is 5.64. The molecule has 2 aromatic heterocycles. The van der Waals surface area contributed by atoms with Crippen LogP contribution in [0.25, 0.3) is 11.4 Å². The number of aryl methyl sites for hydroxylation is 1. The summed E-state index contributed by atoms with van der Waals surface area (Å²) in [5.74, 6) is 0.282. The SMILES string of the molecule is CCn1c(SCC(=O)Nc2sc3c(c2C(N)=O)CCC3)nnc1-c1ccccc1. The molecule has 0 radical (unpaired) electrons. The number of amides is 2. The number of anilines is 1. The fourth-order valence-electron chi connectivity index (χ4n) is 3.53. The van der Waals surface area contributed by atoms with E-state index in [2.05, 4.69) is 15.5 Å². The molecule has 1 aromatic carbocycles. The van der Waals surface area contributed by atoms with E-state index < -0.39 is 5.91 Å². The number of nitrogens with two attached hydrogens (primary N) is 1. The minimum atomic E-state index is -0.481. The Balaban J connectivity index is 1.46. The Bertz CT molecular complexity index is 1060. The van der Waals surface area contributed by atoms with Gasteiger partial charge in [0, 0.05) is 17.0 Å². The van der Waals surface area contributed by atoms with Crippen molar-refractivity contribution in [3.8, 4) is 11.4 Å². The van der Waals surface area contributed by atoms with Gasteiger partial charge in [-0.3, -0.25) is 9.59 Å². The van der Waals surface area contributed by atoms with E-state index >= 15 is 0 Å². The maximum absolute atomic E-state index is 12.5.